The van der Waals surface area contributed by atoms with Crippen molar-refractivity contribution in [2.75, 3.05) is 19.5 Å². The third-order valence-electron chi connectivity index (χ3n) is 8.65. The molecule has 4 rings (SSSR count). The van der Waals surface area contributed by atoms with Gasteiger partial charge in [-0.05, 0) is 84.0 Å². The molecule has 0 spiro atoms. The smallest absolute Gasteiger partial charge is 0.496 e. The maximum Gasteiger partial charge on any atom is 0.677 e. The van der Waals surface area contributed by atoms with Crippen LogP contribution in [0.1, 0.15) is 83.3 Å². The topological polar surface area (TPSA) is 46.5 Å². The maximum absolute atomic E-state index is 14.3. The van der Waals surface area contributed by atoms with Gasteiger partial charge in [0.05, 0.1) is 18.3 Å². The highest BCUT2D eigenvalue weighted by Crippen LogP contribution is 2.43. The van der Waals surface area contributed by atoms with Crippen LogP contribution in [0.25, 0.3) is 11.6 Å². The number of benzene rings is 2. The summed E-state index contributed by atoms with van der Waals surface area (Å²) in [6, 6.07) is 15.0. The average Bonchev–Trinajstić information content (AvgIpc) is 3.55. The minimum absolute atomic E-state index is 0.0616. The Kier molecular flexibility index (Phi) is 9.63. The number of methoxy groups -OCH3 is 1. The fraction of sp³-hybridized carbons (Fsp3) is 0.342. The number of anilines is 1. The highest BCUT2D eigenvalue weighted by Gasteiger charge is 2.36. The average molecular weight is 626 g/mol. The number of halogens is 2. The molecule has 0 saturated heterocycles. The van der Waals surface area contributed by atoms with E-state index < -0.39 is 12.9 Å². The summed E-state index contributed by atoms with van der Waals surface area (Å²) in [5.74, 6) is 0.519. The summed E-state index contributed by atoms with van der Waals surface area (Å²) < 4.78 is 35.5. The first-order valence-corrected chi connectivity index (χ1v) is 15.5. The van der Waals surface area contributed by atoms with Gasteiger partial charge in [0.1, 0.15) is 5.75 Å². The van der Waals surface area contributed by atoms with Crippen LogP contribution in [0.15, 0.2) is 90.8 Å². The summed E-state index contributed by atoms with van der Waals surface area (Å²) in [6.07, 6.45) is 9.03. The molecule has 1 aliphatic rings. The Bertz CT molecular complexity index is 1720. The van der Waals surface area contributed by atoms with Gasteiger partial charge in [-0.15, -0.1) is 0 Å². The molecule has 1 amide bonds. The van der Waals surface area contributed by atoms with E-state index in [1.54, 1.807) is 31.4 Å². The third kappa shape index (κ3) is 6.91. The minimum Gasteiger partial charge on any atom is -0.496 e. The number of nitrogens with one attached hydrogen (secondary N) is 1. The maximum atomic E-state index is 14.3. The van der Waals surface area contributed by atoms with Gasteiger partial charge >= 0.3 is 7.40 Å². The van der Waals surface area contributed by atoms with Crippen molar-refractivity contribution in [2.24, 2.45) is 0 Å². The van der Waals surface area contributed by atoms with E-state index in [9.17, 15) is 13.4 Å². The summed E-state index contributed by atoms with van der Waals surface area (Å²) in [5, 5.41) is 2.75. The molecule has 0 aliphatic carbocycles. The van der Waals surface area contributed by atoms with Crippen LogP contribution < -0.4 is 10.1 Å². The Morgan fingerprint density at radius 2 is 1.70 bits per heavy atom. The van der Waals surface area contributed by atoms with Gasteiger partial charge < -0.3 is 19.4 Å². The Morgan fingerprint density at radius 1 is 1.04 bits per heavy atom. The number of ether oxygens (including phenoxy) is 1. The van der Waals surface area contributed by atoms with Gasteiger partial charge in [0, 0.05) is 35.1 Å². The van der Waals surface area contributed by atoms with Crippen molar-refractivity contribution in [3.63, 3.8) is 0 Å². The zero-order chi connectivity index (χ0) is 34.2. The first-order chi connectivity index (χ1) is 21.4. The van der Waals surface area contributed by atoms with Gasteiger partial charge in [-0.1, -0.05) is 84.5 Å². The lowest BCUT2D eigenvalue weighted by Crippen LogP contribution is -2.36. The number of nitrogens with zero attached hydrogens (tertiary/aromatic N) is 2. The molecule has 1 aromatic heterocycles. The normalized spacial score (nSPS) is 18.1. The van der Waals surface area contributed by atoms with Gasteiger partial charge in [0.15, 0.2) is 0 Å². The van der Waals surface area contributed by atoms with E-state index in [2.05, 4.69) is 95.6 Å². The van der Waals surface area contributed by atoms with Crippen LogP contribution in [0.3, 0.4) is 0 Å². The number of allylic oxidation sites excluding steroid dienone is 1. The van der Waals surface area contributed by atoms with Gasteiger partial charge in [-0.25, -0.2) is 0 Å². The number of hydrogen-bond acceptors (Lipinski definition) is 3. The van der Waals surface area contributed by atoms with Crippen LogP contribution in [0.2, 0.25) is 0 Å². The standard InChI is InChI=1S/C38H46BF2N3O2/c1-12-32(45)42-29-17-15-26(16-18-29)33(31-14-13-21-44(31)39(40)41)34-25(2)24-38(9,43(34)10)20-19-27-22-28(36(3,4)5)23-30(35(27)46-11)37(6,7)8/h12-24H,1H2,2-11H3,(H,42,45)/b20-19+,34-33-. The molecular weight excluding hydrogens is 579 g/mol. The number of rotatable bonds is 8. The summed E-state index contributed by atoms with van der Waals surface area (Å²) in [5.41, 5.74) is 6.78. The Labute approximate surface area is 273 Å². The van der Waals surface area contributed by atoms with E-state index in [1.807, 2.05) is 26.1 Å². The van der Waals surface area contributed by atoms with Gasteiger partial charge in [-0.3, -0.25) is 13.4 Å². The van der Waals surface area contributed by atoms with E-state index in [1.165, 1.54) is 17.8 Å². The molecule has 1 aliphatic heterocycles. The van der Waals surface area contributed by atoms with E-state index in [4.69, 9.17) is 4.74 Å². The number of hydrogen-bond donors (Lipinski definition) is 1. The summed E-state index contributed by atoms with van der Waals surface area (Å²) in [7, 11) is 0.990. The van der Waals surface area contributed by atoms with Gasteiger partial charge in [0.2, 0.25) is 5.91 Å². The van der Waals surface area contributed by atoms with Crippen LogP contribution in [0, 0.1) is 0 Å². The molecule has 1 unspecified atom stereocenters. The zero-order valence-electron chi connectivity index (χ0n) is 28.8. The monoisotopic (exact) mass is 625 g/mol. The second-order valence-electron chi connectivity index (χ2n) is 14.2. The van der Waals surface area contributed by atoms with Crippen LogP contribution in [0.4, 0.5) is 14.3 Å². The molecule has 8 heteroatoms. The molecule has 2 heterocycles. The Morgan fingerprint density at radius 3 is 2.24 bits per heavy atom. The lowest BCUT2D eigenvalue weighted by Gasteiger charge is -2.33. The number of amides is 1. The highest BCUT2D eigenvalue weighted by molar-refractivity contribution is 6.41. The summed E-state index contributed by atoms with van der Waals surface area (Å²) >= 11 is 0. The van der Waals surface area contributed by atoms with Crippen molar-refractivity contribution in [3.8, 4) is 5.75 Å². The molecule has 0 radical (unpaired) electrons. The predicted molar refractivity (Wildman–Crippen MR) is 188 cm³/mol. The highest BCUT2D eigenvalue weighted by atomic mass is 19.2. The van der Waals surface area contributed by atoms with Crippen LogP contribution in [-0.2, 0) is 15.6 Å². The quantitative estimate of drug-likeness (QED) is 0.201. The van der Waals surface area contributed by atoms with Crippen molar-refractivity contribution < 1.29 is 18.2 Å². The molecular formula is C38H46BF2N3O2. The van der Waals surface area contributed by atoms with Crippen LogP contribution in [0.5, 0.6) is 5.75 Å². The first kappa shape index (κ1) is 34.5. The van der Waals surface area contributed by atoms with Gasteiger partial charge in [0.25, 0.3) is 0 Å². The lowest BCUT2D eigenvalue weighted by atomic mass is 9.78. The van der Waals surface area contributed by atoms with E-state index >= 15 is 0 Å². The third-order valence-corrected chi connectivity index (χ3v) is 8.65. The van der Waals surface area contributed by atoms with Crippen molar-refractivity contribution >= 4 is 30.6 Å². The first-order valence-electron chi connectivity index (χ1n) is 15.5. The molecule has 0 fully saturated rings. The summed E-state index contributed by atoms with van der Waals surface area (Å²) in [4.78, 5) is 14.0. The van der Waals surface area contributed by atoms with Crippen molar-refractivity contribution in [3.05, 3.63) is 119 Å². The Hall–Kier alpha value is -4.33. The number of carbonyl (C=O) groups is 1. The molecule has 2 aromatic carbocycles. The van der Waals surface area contributed by atoms with E-state index in [0.717, 1.165) is 38.2 Å². The van der Waals surface area contributed by atoms with E-state index in [-0.39, 0.29) is 16.7 Å². The minimum atomic E-state index is -2.71. The lowest BCUT2D eigenvalue weighted by molar-refractivity contribution is -0.111. The molecule has 1 atom stereocenters. The largest absolute Gasteiger partial charge is 0.677 e. The zero-order valence-corrected chi connectivity index (χ0v) is 28.8. The number of carbonyl (C=O) groups excluding carboxylic acids is 1. The Balaban J connectivity index is 1.88. The molecule has 5 nitrogen and oxygen atoms in total. The van der Waals surface area contributed by atoms with Crippen molar-refractivity contribution in [1.29, 1.82) is 0 Å². The molecule has 1 N–H and O–H groups in total. The van der Waals surface area contributed by atoms with E-state index in [0.29, 0.717) is 17.0 Å². The molecule has 242 valence electrons. The number of aromatic nitrogens is 1. The fourth-order valence-electron chi connectivity index (χ4n) is 5.98. The molecule has 3 aromatic rings. The predicted octanol–water partition coefficient (Wildman–Crippen LogP) is 9.11. The van der Waals surface area contributed by atoms with Crippen LogP contribution >= 0.6 is 0 Å². The molecule has 46 heavy (non-hydrogen) atoms. The fourth-order valence-corrected chi connectivity index (χ4v) is 5.98. The SMILES string of the molecule is C=CC(=O)Nc1ccc(/C(=C2\C(C)=CC(C)(/C=C/c3cc(C(C)(C)C)cc(C(C)(C)C)c3OC)N2C)c2cccn2B(F)F)cc1. The second kappa shape index (κ2) is 12.8. The number of likely N-dealkylation sites (N-methyl/N-ethyl adjacent to an activating group) is 1. The summed E-state index contributed by atoms with van der Waals surface area (Å²) in [6.45, 7) is 20.8. The van der Waals surface area contributed by atoms with Crippen molar-refractivity contribution in [1.82, 2.24) is 9.38 Å². The molecule has 0 bridgehead atoms. The van der Waals surface area contributed by atoms with Crippen LogP contribution in [-0.4, -0.2) is 42.4 Å². The van der Waals surface area contributed by atoms with Crippen molar-refractivity contribution in [2.45, 2.75) is 71.8 Å². The van der Waals surface area contributed by atoms with Gasteiger partial charge in [-0.2, -0.15) is 0 Å². The molecule has 0 saturated carbocycles. The second-order valence-corrected chi connectivity index (χ2v) is 14.2.